The van der Waals surface area contributed by atoms with E-state index in [-0.39, 0.29) is 18.2 Å². The van der Waals surface area contributed by atoms with E-state index in [1.165, 1.54) is 0 Å². The summed E-state index contributed by atoms with van der Waals surface area (Å²) in [7, 11) is 3.33. The fourth-order valence-corrected chi connectivity index (χ4v) is 2.36. The minimum Gasteiger partial charge on any atom is -0.377 e. The number of nitrogens with two attached hydrogens (primary N) is 1. The quantitative estimate of drug-likeness (QED) is 0.803. The summed E-state index contributed by atoms with van der Waals surface area (Å²) in [6, 6.07) is 1.79. The van der Waals surface area contributed by atoms with Crippen molar-refractivity contribution < 1.29 is 9.47 Å². The number of hydrogen-bond donors (Lipinski definition) is 1. The van der Waals surface area contributed by atoms with Gasteiger partial charge in [-0.05, 0) is 6.07 Å². The van der Waals surface area contributed by atoms with E-state index < -0.39 is 0 Å². The highest BCUT2D eigenvalue weighted by molar-refractivity contribution is 5.39. The summed E-state index contributed by atoms with van der Waals surface area (Å²) in [5.41, 5.74) is 5.77. The van der Waals surface area contributed by atoms with Gasteiger partial charge in [-0.3, -0.25) is 0 Å². The van der Waals surface area contributed by atoms with E-state index in [4.69, 9.17) is 15.2 Å². The van der Waals surface area contributed by atoms with Crippen LogP contribution in [0.4, 0.5) is 11.9 Å². The third-order valence-electron chi connectivity index (χ3n) is 3.44. The molecule has 0 spiro atoms. The lowest BCUT2D eigenvalue weighted by molar-refractivity contribution is -0.00461. The molecular weight excluding hydrogens is 274 g/mol. The lowest BCUT2D eigenvalue weighted by Gasteiger charge is -2.16. The highest BCUT2D eigenvalue weighted by atomic mass is 16.5. The predicted octanol–water partition coefficient (Wildman–Crippen LogP) is -0.510. The molecule has 1 saturated heterocycles. The summed E-state index contributed by atoms with van der Waals surface area (Å²) in [6.45, 7) is 1.27. The van der Waals surface area contributed by atoms with Gasteiger partial charge in [0.1, 0.15) is 12.2 Å². The monoisotopic (exact) mass is 291 g/mol. The van der Waals surface area contributed by atoms with E-state index in [2.05, 4.69) is 20.1 Å². The first-order chi connectivity index (χ1) is 10.2. The lowest BCUT2D eigenvalue weighted by atomic mass is 10.3. The maximum atomic E-state index is 5.77. The third kappa shape index (κ3) is 2.65. The van der Waals surface area contributed by atoms with Crippen LogP contribution in [0.3, 0.4) is 0 Å². The average Bonchev–Trinajstić information content (AvgIpc) is 3.15. The van der Waals surface area contributed by atoms with Gasteiger partial charge in [0, 0.05) is 39.7 Å². The molecule has 0 amide bonds. The summed E-state index contributed by atoms with van der Waals surface area (Å²) in [5.74, 6) is 1.03. The first-order valence-electron chi connectivity index (χ1n) is 6.53. The van der Waals surface area contributed by atoms with Gasteiger partial charge in [-0.2, -0.15) is 20.1 Å². The molecule has 2 N–H and O–H groups in total. The van der Waals surface area contributed by atoms with Gasteiger partial charge in [-0.15, -0.1) is 0 Å². The summed E-state index contributed by atoms with van der Waals surface area (Å²) < 4.78 is 12.4. The zero-order valence-corrected chi connectivity index (χ0v) is 11.9. The minimum absolute atomic E-state index is 0.0267. The maximum absolute atomic E-state index is 5.77. The van der Waals surface area contributed by atoms with Crippen molar-refractivity contribution in [3.05, 3.63) is 18.5 Å². The standard InChI is InChI=1S/C12H17N7O2/c1-20-8-6-18(7-9(8)21-2)11-15-10(13)16-12(17-11)19-5-3-4-14-19/h3-5,8-9H,6-7H2,1-2H3,(H2,13,15,16,17). The molecule has 2 unspecified atom stereocenters. The third-order valence-corrected chi connectivity index (χ3v) is 3.44. The second-order valence-corrected chi connectivity index (χ2v) is 4.70. The van der Waals surface area contributed by atoms with E-state index in [1.54, 1.807) is 37.4 Å². The van der Waals surface area contributed by atoms with E-state index >= 15 is 0 Å². The number of aromatic nitrogens is 5. The molecule has 0 aliphatic carbocycles. The van der Waals surface area contributed by atoms with Gasteiger partial charge >= 0.3 is 0 Å². The van der Waals surface area contributed by atoms with Crippen molar-refractivity contribution in [2.75, 3.05) is 37.9 Å². The molecule has 0 aromatic carbocycles. The Kier molecular flexibility index (Phi) is 3.67. The van der Waals surface area contributed by atoms with Crippen molar-refractivity contribution in [1.29, 1.82) is 0 Å². The van der Waals surface area contributed by atoms with Gasteiger partial charge in [0.05, 0.1) is 0 Å². The molecule has 2 aromatic rings. The molecule has 1 fully saturated rings. The van der Waals surface area contributed by atoms with Crippen LogP contribution in [0.2, 0.25) is 0 Å². The maximum Gasteiger partial charge on any atom is 0.257 e. The number of hydrogen-bond acceptors (Lipinski definition) is 8. The van der Waals surface area contributed by atoms with Crippen molar-refractivity contribution in [3.8, 4) is 5.95 Å². The van der Waals surface area contributed by atoms with Gasteiger partial charge in [0.25, 0.3) is 5.95 Å². The second-order valence-electron chi connectivity index (χ2n) is 4.70. The average molecular weight is 291 g/mol. The molecule has 9 heteroatoms. The molecule has 2 aromatic heterocycles. The van der Waals surface area contributed by atoms with Crippen molar-refractivity contribution in [2.45, 2.75) is 12.2 Å². The highest BCUT2D eigenvalue weighted by Crippen LogP contribution is 2.21. The number of methoxy groups -OCH3 is 2. The van der Waals surface area contributed by atoms with E-state index in [0.29, 0.717) is 25.0 Å². The summed E-state index contributed by atoms with van der Waals surface area (Å²) in [5, 5.41) is 4.10. The number of nitrogens with zero attached hydrogens (tertiary/aromatic N) is 6. The Labute approximate surface area is 121 Å². The molecular formula is C12H17N7O2. The summed E-state index contributed by atoms with van der Waals surface area (Å²) >= 11 is 0. The van der Waals surface area contributed by atoms with Gasteiger partial charge in [-0.25, -0.2) is 4.68 Å². The predicted molar refractivity (Wildman–Crippen MR) is 75.2 cm³/mol. The first-order valence-corrected chi connectivity index (χ1v) is 6.53. The molecule has 21 heavy (non-hydrogen) atoms. The molecule has 3 rings (SSSR count). The fourth-order valence-electron chi connectivity index (χ4n) is 2.36. The zero-order chi connectivity index (χ0) is 14.8. The Bertz CT molecular complexity index is 592. The van der Waals surface area contributed by atoms with Crippen LogP contribution in [0.5, 0.6) is 0 Å². The number of ether oxygens (including phenoxy) is 2. The van der Waals surface area contributed by atoms with Gasteiger partial charge in [0.2, 0.25) is 11.9 Å². The van der Waals surface area contributed by atoms with Crippen LogP contribution in [-0.4, -0.2) is 64.2 Å². The van der Waals surface area contributed by atoms with Gasteiger partial charge < -0.3 is 20.1 Å². The van der Waals surface area contributed by atoms with Crippen molar-refractivity contribution in [1.82, 2.24) is 24.7 Å². The second kappa shape index (κ2) is 5.62. The molecule has 112 valence electrons. The largest absolute Gasteiger partial charge is 0.377 e. The van der Waals surface area contributed by atoms with Gasteiger partial charge in [-0.1, -0.05) is 0 Å². The normalized spacial score (nSPS) is 21.9. The Morgan fingerprint density at radius 3 is 2.33 bits per heavy atom. The molecule has 1 aliphatic heterocycles. The van der Waals surface area contributed by atoms with Crippen LogP contribution in [0.1, 0.15) is 0 Å². The van der Waals surface area contributed by atoms with Crippen LogP contribution in [-0.2, 0) is 9.47 Å². The Morgan fingerprint density at radius 2 is 1.76 bits per heavy atom. The smallest absolute Gasteiger partial charge is 0.257 e. The topological polar surface area (TPSA) is 104 Å². The molecule has 9 nitrogen and oxygen atoms in total. The number of anilines is 2. The SMILES string of the molecule is COC1CN(c2nc(N)nc(-n3cccn3)n2)CC1OC. The molecule has 0 bridgehead atoms. The minimum atomic E-state index is -0.0267. The van der Waals surface area contributed by atoms with Crippen LogP contribution in [0.15, 0.2) is 18.5 Å². The summed E-state index contributed by atoms with van der Waals surface area (Å²) in [4.78, 5) is 14.7. The van der Waals surface area contributed by atoms with Crippen LogP contribution < -0.4 is 10.6 Å². The molecule has 2 atom stereocenters. The number of nitrogen functional groups attached to an aromatic ring is 1. The Morgan fingerprint density at radius 1 is 1.10 bits per heavy atom. The van der Waals surface area contributed by atoms with E-state index in [0.717, 1.165) is 0 Å². The van der Waals surface area contributed by atoms with E-state index in [1.807, 2.05) is 4.90 Å². The van der Waals surface area contributed by atoms with Crippen LogP contribution >= 0.6 is 0 Å². The Balaban J connectivity index is 1.89. The van der Waals surface area contributed by atoms with Crippen LogP contribution in [0.25, 0.3) is 5.95 Å². The van der Waals surface area contributed by atoms with Crippen molar-refractivity contribution >= 4 is 11.9 Å². The molecule has 1 aliphatic rings. The van der Waals surface area contributed by atoms with Crippen molar-refractivity contribution in [2.24, 2.45) is 0 Å². The number of rotatable bonds is 4. The molecule has 0 radical (unpaired) electrons. The molecule has 3 heterocycles. The van der Waals surface area contributed by atoms with E-state index in [9.17, 15) is 0 Å². The van der Waals surface area contributed by atoms with Crippen LogP contribution in [0, 0.1) is 0 Å². The lowest BCUT2D eigenvalue weighted by Crippen LogP contribution is -2.27. The Hall–Kier alpha value is -2.26. The summed E-state index contributed by atoms with van der Waals surface area (Å²) in [6.07, 6.45) is 3.35. The van der Waals surface area contributed by atoms with Gasteiger partial charge in [0.15, 0.2) is 0 Å². The first kappa shape index (κ1) is 13.7. The zero-order valence-electron chi connectivity index (χ0n) is 11.9. The highest BCUT2D eigenvalue weighted by Gasteiger charge is 2.34. The van der Waals surface area contributed by atoms with Crippen molar-refractivity contribution in [3.63, 3.8) is 0 Å². The molecule has 0 saturated carbocycles. The fraction of sp³-hybridized carbons (Fsp3) is 0.500.